The highest BCUT2D eigenvalue weighted by molar-refractivity contribution is 6.30. The van der Waals surface area contributed by atoms with Crippen LogP contribution in [0.2, 0.25) is 5.02 Å². The second-order valence-electron chi connectivity index (χ2n) is 8.70. The smallest absolute Gasteiger partial charge is 0.322 e. The number of urea groups is 1. The molecule has 4 rings (SSSR count). The molecule has 1 heterocycles. The highest BCUT2D eigenvalue weighted by atomic mass is 35.5. The maximum Gasteiger partial charge on any atom is 0.322 e. The summed E-state index contributed by atoms with van der Waals surface area (Å²) in [5.74, 6) is 0.458. The number of methoxy groups -OCH3 is 1. The van der Waals surface area contributed by atoms with Crippen LogP contribution in [0.5, 0.6) is 0 Å². The summed E-state index contributed by atoms with van der Waals surface area (Å²) < 4.78 is 6.89. The second-order valence-corrected chi connectivity index (χ2v) is 9.14. The van der Waals surface area contributed by atoms with E-state index >= 15 is 0 Å². The molecule has 0 aliphatic rings. The van der Waals surface area contributed by atoms with Crippen LogP contribution >= 0.6 is 11.6 Å². The SMILES string of the molecule is COCCN(C(=O)Nc1cccc(Cl)c1)C(C)c1nc2ccccc2c(=O)n1-c1ccc(C)c(C)c1. The molecular formula is C28H29ClN4O3. The molecule has 0 bridgehead atoms. The lowest BCUT2D eigenvalue weighted by Gasteiger charge is -2.30. The minimum absolute atomic E-state index is 0.187. The Morgan fingerprint density at radius 2 is 1.86 bits per heavy atom. The van der Waals surface area contributed by atoms with Gasteiger partial charge in [-0.25, -0.2) is 9.78 Å². The maximum absolute atomic E-state index is 13.7. The van der Waals surface area contributed by atoms with E-state index in [-0.39, 0.29) is 11.6 Å². The zero-order valence-corrected chi connectivity index (χ0v) is 21.5. The summed E-state index contributed by atoms with van der Waals surface area (Å²) in [4.78, 5) is 33.7. The minimum atomic E-state index is -0.557. The summed E-state index contributed by atoms with van der Waals surface area (Å²) in [7, 11) is 1.58. The standard InChI is InChI=1S/C28H29ClN4O3/c1-18-12-13-23(16-19(18)2)33-26(31-25-11-6-5-10-24(25)27(33)34)20(3)32(14-15-36-4)28(35)30-22-9-7-8-21(29)17-22/h5-13,16-17,20H,14-15H2,1-4H3,(H,30,35). The average Bonchev–Trinajstić information content (AvgIpc) is 2.86. The monoisotopic (exact) mass is 504 g/mol. The highest BCUT2D eigenvalue weighted by Gasteiger charge is 2.27. The molecule has 4 aromatic rings. The van der Waals surface area contributed by atoms with Gasteiger partial charge in [0.15, 0.2) is 0 Å². The number of halogens is 1. The summed E-state index contributed by atoms with van der Waals surface area (Å²) in [6.07, 6.45) is 0. The van der Waals surface area contributed by atoms with Crippen LogP contribution in [-0.4, -0.2) is 40.7 Å². The molecule has 0 saturated carbocycles. The topological polar surface area (TPSA) is 76.5 Å². The Balaban J connectivity index is 1.84. The van der Waals surface area contributed by atoms with Crippen LogP contribution in [0.3, 0.4) is 0 Å². The summed E-state index contributed by atoms with van der Waals surface area (Å²) >= 11 is 6.10. The number of carbonyl (C=O) groups is 1. The second kappa shape index (κ2) is 10.9. The molecule has 1 N–H and O–H groups in total. The number of carbonyl (C=O) groups excluding carboxylic acids is 1. The molecule has 0 fully saturated rings. The molecule has 7 nitrogen and oxygen atoms in total. The Morgan fingerprint density at radius 3 is 2.58 bits per heavy atom. The molecule has 2 amide bonds. The van der Waals surface area contributed by atoms with Crippen molar-refractivity contribution in [2.45, 2.75) is 26.8 Å². The molecular weight excluding hydrogens is 476 g/mol. The van der Waals surface area contributed by atoms with Gasteiger partial charge in [0.2, 0.25) is 0 Å². The van der Waals surface area contributed by atoms with E-state index < -0.39 is 6.04 Å². The van der Waals surface area contributed by atoms with Gasteiger partial charge in [0.25, 0.3) is 5.56 Å². The van der Waals surface area contributed by atoms with Gasteiger partial charge >= 0.3 is 6.03 Å². The summed E-state index contributed by atoms with van der Waals surface area (Å²) in [6.45, 7) is 6.50. The minimum Gasteiger partial charge on any atom is -0.383 e. The van der Waals surface area contributed by atoms with Crippen molar-refractivity contribution in [3.63, 3.8) is 0 Å². The van der Waals surface area contributed by atoms with Crippen molar-refractivity contribution in [3.8, 4) is 5.69 Å². The third-order valence-electron chi connectivity index (χ3n) is 6.26. The number of nitrogens with zero attached hydrogens (tertiary/aromatic N) is 3. The first-order valence-corrected chi connectivity index (χ1v) is 12.1. The summed E-state index contributed by atoms with van der Waals surface area (Å²) in [6, 6.07) is 19.1. The fraction of sp³-hybridized carbons (Fsp3) is 0.250. The van der Waals surface area contributed by atoms with E-state index in [2.05, 4.69) is 5.32 Å². The summed E-state index contributed by atoms with van der Waals surface area (Å²) in [5, 5.41) is 3.93. The van der Waals surface area contributed by atoms with Crippen molar-refractivity contribution in [3.05, 3.63) is 99.1 Å². The van der Waals surface area contributed by atoms with Gasteiger partial charge in [-0.2, -0.15) is 0 Å². The van der Waals surface area contributed by atoms with E-state index in [4.69, 9.17) is 21.3 Å². The van der Waals surface area contributed by atoms with Gasteiger partial charge in [0.05, 0.1) is 29.2 Å². The number of anilines is 1. The fourth-order valence-electron chi connectivity index (χ4n) is 4.11. The number of aryl methyl sites for hydroxylation is 2. The van der Waals surface area contributed by atoms with Crippen molar-refractivity contribution in [2.24, 2.45) is 0 Å². The summed E-state index contributed by atoms with van der Waals surface area (Å²) in [5.41, 5.74) is 3.84. The number of fused-ring (bicyclic) bond motifs is 1. The van der Waals surface area contributed by atoms with E-state index in [0.29, 0.717) is 46.3 Å². The number of nitrogens with one attached hydrogen (secondary N) is 1. The number of hydrogen-bond acceptors (Lipinski definition) is 4. The Morgan fingerprint density at radius 1 is 1.08 bits per heavy atom. The quantitative estimate of drug-likeness (QED) is 0.340. The number of amides is 2. The molecule has 36 heavy (non-hydrogen) atoms. The lowest BCUT2D eigenvalue weighted by Crippen LogP contribution is -2.41. The number of para-hydroxylation sites is 1. The number of hydrogen-bond donors (Lipinski definition) is 1. The van der Waals surface area contributed by atoms with E-state index in [1.807, 2.05) is 57.2 Å². The van der Waals surface area contributed by atoms with Crippen molar-refractivity contribution in [2.75, 3.05) is 25.6 Å². The van der Waals surface area contributed by atoms with Crippen LogP contribution in [0.15, 0.2) is 71.5 Å². The van der Waals surface area contributed by atoms with E-state index in [1.54, 1.807) is 46.9 Å². The molecule has 0 radical (unpaired) electrons. The van der Waals surface area contributed by atoms with Crippen LogP contribution in [0.4, 0.5) is 10.5 Å². The van der Waals surface area contributed by atoms with Crippen LogP contribution < -0.4 is 10.9 Å². The van der Waals surface area contributed by atoms with Gasteiger partial charge in [0, 0.05) is 24.4 Å². The zero-order valence-electron chi connectivity index (χ0n) is 20.8. The predicted molar refractivity (Wildman–Crippen MR) is 144 cm³/mol. The predicted octanol–water partition coefficient (Wildman–Crippen LogP) is 5.90. The van der Waals surface area contributed by atoms with Crippen LogP contribution in [0.25, 0.3) is 16.6 Å². The molecule has 3 aromatic carbocycles. The largest absolute Gasteiger partial charge is 0.383 e. The van der Waals surface area contributed by atoms with Crippen LogP contribution in [0, 0.1) is 13.8 Å². The van der Waals surface area contributed by atoms with Gasteiger partial charge < -0.3 is 15.0 Å². The number of rotatable bonds is 7. The number of benzene rings is 3. The molecule has 0 aliphatic heterocycles. The molecule has 0 spiro atoms. The van der Waals surface area contributed by atoms with Crippen molar-refractivity contribution >= 4 is 34.2 Å². The fourth-order valence-corrected chi connectivity index (χ4v) is 4.30. The van der Waals surface area contributed by atoms with E-state index in [0.717, 1.165) is 11.1 Å². The average molecular weight is 505 g/mol. The number of aromatic nitrogens is 2. The first kappa shape index (κ1) is 25.4. The highest BCUT2D eigenvalue weighted by Crippen LogP contribution is 2.25. The van der Waals surface area contributed by atoms with Crippen molar-refractivity contribution in [1.29, 1.82) is 0 Å². The van der Waals surface area contributed by atoms with Gasteiger partial charge in [0.1, 0.15) is 5.82 Å². The third-order valence-corrected chi connectivity index (χ3v) is 6.50. The van der Waals surface area contributed by atoms with E-state index in [9.17, 15) is 9.59 Å². The van der Waals surface area contributed by atoms with Crippen molar-refractivity contribution < 1.29 is 9.53 Å². The molecule has 1 unspecified atom stereocenters. The molecule has 186 valence electrons. The lowest BCUT2D eigenvalue weighted by atomic mass is 10.1. The van der Waals surface area contributed by atoms with Crippen LogP contribution in [0.1, 0.15) is 29.9 Å². The maximum atomic E-state index is 13.7. The van der Waals surface area contributed by atoms with Crippen molar-refractivity contribution in [1.82, 2.24) is 14.5 Å². The first-order valence-electron chi connectivity index (χ1n) is 11.7. The normalized spacial score (nSPS) is 11.9. The lowest BCUT2D eigenvalue weighted by molar-refractivity contribution is 0.137. The molecule has 8 heteroatoms. The van der Waals surface area contributed by atoms with Crippen LogP contribution in [-0.2, 0) is 4.74 Å². The first-order chi connectivity index (χ1) is 17.3. The third kappa shape index (κ3) is 5.27. The van der Waals surface area contributed by atoms with Gasteiger partial charge in [-0.1, -0.05) is 35.9 Å². The molecule has 1 aromatic heterocycles. The Labute approximate surface area is 215 Å². The van der Waals surface area contributed by atoms with E-state index in [1.165, 1.54) is 0 Å². The zero-order chi connectivity index (χ0) is 25.8. The Hall–Kier alpha value is -3.68. The molecule has 1 atom stereocenters. The number of ether oxygens (including phenoxy) is 1. The van der Waals surface area contributed by atoms with Gasteiger partial charge in [-0.05, 0) is 74.4 Å². The van der Waals surface area contributed by atoms with Gasteiger partial charge in [-0.15, -0.1) is 0 Å². The van der Waals surface area contributed by atoms with Gasteiger partial charge in [-0.3, -0.25) is 9.36 Å². The Bertz CT molecular complexity index is 1470. The molecule has 0 aliphatic carbocycles. The Kier molecular flexibility index (Phi) is 7.72. The molecule has 0 saturated heterocycles.